The molecule has 0 saturated carbocycles. The molecule has 1 fully saturated rings. The van der Waals surface area contributed by atoms with Crippen molar-refractivity contribution in [2.75, 3.05) is 0 Å². The van der Waals surface area contributed by atoms with Gasteiger partial charge in [0.05, 0.1) is 6.04 Å². The van der Waals surface area contributed by atoms with Crippen molar-refractivity contribution in [2.24, 2.45) is 5.92 Å². The molecule has 5 heteroatoms. The maximum atomic E-state index is 11.8. The number of carbonyl (C=O) groups is 2. The molecule has 1 saturated heterocycles. The van der Waals surface area contributed by atoms with Crippen LogP contribution < -0.4 is 10.6 Å². The number of carbonyl (C=O) groups excluding carboxylic acids is 2. The van der Waals surface area contributed by atoms with Gasteiger partial charge in [0.15, 0.2) is 0 Å². The van der Waals surface area contributed by atoms with Crippen LogP contribution in [-0.2, 0) is 30.0 Å². The van der Waals surface area contributed by atoms with Crippen LogP contribution in [0.25, 0.3) is 0 Å². The van der Waals surface area contributed by atoms with Crippen molar-refractivity contribution in [2.45, 2.75) is 53.5 Å². The van der Waals surface area contributed by atoms with Crippen molar-refractivity contribution in [3.63, 3.8) is 0 Å². The Labute approximate surface area is 153 Å². The third-order valence-electron chi connectivity index (χ3n) is 3.48. The fraction of sp³-hybridized carbons (Fsp3) is 0.500. The van der Waals surface area contributed by atoms with Gasteiger partial charge in [-0.1, -0.05) is 46.2 Å². The minimum absolute atomic E-state index is 0. The Kier molecular flexibility index (Phi) is 9.87. The van der Waals surface area contributed by atoms with Crippen LogP contribution in [0.5, 0.6) is 0 Å². The van der Waals surface area contributed by atoms with Gasteiger partial charge < -0.3 is 5.32 Å². The Morgan fingerprint density at radius 3 is 2.43 bits per heavy atom. The molecule has 1 radical (unpaired) electrons. The summed E-state index contributed by atoms with van der Waals surface area (Å²) in [5.74, 6) is 1.18. The zero-order valence-electron chi connectivity index (χ0n) is 14.6. The van der Waals surface area contributed by atoms with Crippen molar-refractivity contribution in [1.82, 2.24) is 10.6 Å². The van der Waals surface area contributed by atoms with Gasteiger partial charge in [0, 0.05) is 26.8 Å². The van der Waals surface area contributed by atoms with E-state index in [2.05, 4.69) is 36.6 Å². The molecule has 2 N–H and O–H groups in total. The van der Waals surface area contributed by atoms with Crippen molar-refractivity contribution in [3.05, 3.63) is 41.5 Å². The standard InChI is InChI=1S/C16H21N2O2.C2H6.Re/c1-10(2)12-4-5-13(9-11(3)8-12)17-14-6-7-15(19)18-16(14)20;1-2;/h4-5,8-10,14,17H,6-7H2,1-3H3,(H,18,19,20);1-2H3;/q-1;;. The van der Waals surface area contributed by atoms with E-state index < -0.39 is 0 Å². The van der Waals surface area contributed by atoms with E-state index in [1.54, 1.807) is 0 Å². The van der Waals surface area contributed by atoms with Gasteiger partial charge in [-0.25, -0.2) is 0 Å². The Hall–Kier alpha value is -1.31. The summed E-state index contributed by atoms with van der Waals surface area (Å²) in [5, 5.41) is 5.58. The number of imide groups is 1. The van der Waals surface area contributed by atoms with Crippen molar-refractivity contribution in [1.29, 1.82) is 0 Å². The van der Waals surface area contributed by atoms with Crippen molar-refractivity contribution in [3.8, 4) is 0 Å². The molecule has 1 aliphatic carbocycles. The van der Waals surface area contributed by atoms with E-state index in [9.17, 15) is 9.59 Å². The van der Waals surface area contributed by atoms with Crippen LogP contribution in [0.1, 0.15) is 47.5 Å². The Balaban J connectivity index is 0.00000155. The summed E-state index contributed by atoms with van der Waals surface area (Å²) in [4.78, 5) is 22.9. The van der Waals surface area contributed by atoms with Gasteiger partial charge in [-0.2, -0.15) is 12.0 Å². The normalized spacial score (nSPS) is 20.4. The predicted molar refractivity (Wildman–Crippen MR) is 89.7 cm³/mol. The van der Waals surface area contributed by atoms with Gasteiger partial charge >= 0.3 is 0 Å². The Morgan fingerprint density at radius 2 is 1.87 bits per heavy atom. The molecular weight excluding hydrogens is 462 g/mol. The fourth-order valence-electron chi connectivity index (χ4n) is 2.31. The molecule has 2 amide bonds. The van der Waals surface area contributed by atoms with E-state index >= 15 is 0 Å². The molecule has 4 nitrogen and oxygen atoms in total. The molecule has 0 spiro atoms. The summed E-state index contributed by atoms with van der Waals surface area (Å²) >= 11 is 0. The predicted octanol–water partition coefficient (Wildman–Crippen LogP) is 3.04. The van der Waals surface area contributed by atoms with Crippen LogP contribution in [0.15, 0.2) is 35.6 Å². The number of piperidine rings is 1. The van der Waals surface area contributed by atoms with E-state index in [4.69, 9.17) is 0 Å². The molecule has 2 aliphatic rings. The van der Waals surface area contributed by atoms with Gasteiger partial charge in [0.2, 0.25) is 11.8 Å². The number of hydrogen-bond donors (Lipinski definition) is 2. The van der Waals surface area contributed by atoms with Crippen LogP contribution >= 0.6 is 0 Å². The number of amides is 2. The molecule has 2 rings (SSSR count). The molecule has 1 aliphatic heterocycles. The molecule has 0 aromatic carbocycles. The monoisotopic (exact) mass is 490 g/mol. The third-order valence-corrected chi connectivity index (χ3v) is 3.48. The summed E-state index contributed by atoms with van der Waals surface area (Å²) in [6.07, 6.45) is 9.17. The van der Waals surface area contributed by atoms with E-state index in [-0.39, 0.29) is 38.3 Å². The summed E-state index contributed by atoms with van der Waals surface area (Å²) in [7, 11) is 0. The van der Waals surface area contributed by atoms with Crippen LogP contribution in [0.3, 0.4) is 0 Å². The quantitative estimate of drug-likeness (QED) is 0.473. The zero-order valence-corrected chi connectivity index (χ0v) is 17.3. The molecule has 0 aromatic heterocycles. The molecule has 1 unspecified atom stereocenters. The first kappa shape index (κ1) is 21.7. The number of hydrogen-bond acceptors (Lipinski definition) is 3. The third kappa shape index (κ3) is 6.76. The zero-order chi connectivity index (χ0) is 16.7. The topological polar surface area (TPSA) is 58.2 Å². The number of nitrogens with one attached hydrogen (secondary N) is 2. The Bertz CT molecular complexity index is 507. The average molecular weight is 490 g/mol. The van der Waals surface area contributed by atoms with Crippen LogP contribution in [-0.4, -0.2) is 17.9 Å². The van der Waals surface area contributed by atoms with Gasteiger partial charge in [-0.15, -0.1) is 23.8 Å². The molecule has 0 bridgehead atoms. The first-order valence-corrected chi connectivity index (χ1v) is 8.01. The summed E-state index contributed by atoms with van der Waals surface area (Å²) in [5.41, 5.74) is 2.17. The number of rotatable bonds is 3. The minimum Gasteiger partial charge on any atom is -0.426 e. The van der Waals surface area contributed by atoms with Gasteiger partial charge in [-0.3, -0.25) is 14.9 Å². The second-order valence-corrected chi connectivity index (χ2v) is 5.62. The summed E-state index contributed by atoms with van der Waals surface area (Å²) in [6, 6.07) is -0.336. The van der Waals surface area contributed by atoms with E-state index in [1.807, 2.05) is 32.9 Å². The second-order valence-electron chi connectivity index (χ2n) is 5.62. The smallest absolute Gasteiger partial charge is 0.248 e. The number of allylic oxidation sites excluding steroid dienone is 5. The van der Waals surface area contributed by atoms with Crippen LogP contribution in [0.4, 0.5) is 0 Å². The van der Waals surface area contributed by atoms with E-state index in [0.717, 1.165) is 11.6 Å². The molecule has 23 heavy (non-hydrogen) atoms. The van der Waals surface area contributed by atoms with E-state index in [0.29, 0.717) is 18.8 Å². The van der Waals surface area contributed by atoms with Crippen molar-refractivity contribution >= 4 is 11.8 Å². The van der Waals surface area contributed by atoms with Gasteiger partial charge in [-0.05, 0) is 6.42 Å². The molecular formula is C18H27N2O2Re-. The first-order chi connectivity index (χ1) is 10.5. The fourth-order valence-corrected chi connectivity index (χ4v) is 2.31. The summed E-state index contributed by atoms with van der Waals surface area (Å²) in [6.45, 7) is 10.4. The SMILES string of the molecule is CC.C[C-]1C=C(NC2CCC(=O)NC2=O)C=CC(C(C)C)=C1.[Re]. The van der Waals surface area contributed by atoms with Crippen LogP contribution in [0, 0.1) is 11.8 Å². The molecule has 0 aromatic rings. The second kappa shape index (κ2) is 10.5. The largest absolute Gasteiger partial charge is 0.426 e. The van der Waals surface area contributed by atoms with Crippen LogP contribution in [0.2, 0.25) is 0 Å². The molecule has 129 valence electrons. The minimum atomic E-state index is -0.336. The van der Waals surface area contributed by atoms with Gasteiger partial charge in [0.25, 0.3) is 0 Å². The van der Waals surface area contributed by atoms with E-state index in [1.165, 1.54) is 5.57 Å². The Morgan fingerprint density at radius 1 is 1.22 bits per heavy atom. The average Bonchev–Trinajstić information content (AvgIpc) is 2.66. The maximum absolute atomic E-state index is 11.8. The first-order valence-electron chi connectivity index (χ1n) is 8.01. The maximum Gasteiger partial charge on any atom is 0.248 e. The molecule has 1 heterocycles. The molecule has 1 atom stereocenters. The van der Waals surface area contributed by atoms with Gasteiger partial charge in [0.1, 0.15) is 0 Å². The summed E-state index contributed by atoms with van der Waals surface area (Å²) < 4.78 is 0. The van der Waals surface area contributed by atoms with Crippen molar-refractivity contribution < 1.29 is 30.0 Å².